The lowest BCUT2D eigenvalue weighted by Crippen LogP contribution is -2.46. The number of nitro benzene ring substituents is 1. The number of morpholine rings is 1. The Morgan fingerprint density at radius 3 is 2.70 bits per heavy atom. The number of carbonyl (C=O) groups excluding carboxylic acids is 2. The van der Waals surface area contributed by atoms with E-state index in [1.165, 1.54) is 24.3 Å². The molecule has 1 N–H and O–H groups in total. The third-order valence-electron chi connectivity index (χ3n) is 4.31. The van der Waals surface area contributed by atoms with Gasteiger partial charge >= 0.3 is 0 Å². The predicted molar refractivity (Wildman–Crippen MR) is 97.1 cm³/mol. The van der Waals surface area contributed by atoms with Crippen LogP contribution in [0.5, 0.6) is 0 Å². The molecule has 1 aliphatic rings. The SMILES string of the molecule is O=C(NCC(=O)N1CCOC(c2ccccc2)C1)c1cccc([N+](=O)[O-])c1. The summed E-state index contributed by atoms with van der Waals surface area (Å²) in [7, 11) is 0. The second-order valence-corrected chi connectivity index (χ2v) is 6.10. The normalized spacial score (nSPS) is 16.6. The van der Waals surface area contributed by atoms with E-state index in [2.05, 4.69) is 5.32 Å². The summed E-state index contributed by atoms with van der Waals surface area (Å²) < 4.78 is 5.73. The molecule has 1 fully saturated rings. The van der Waals surface area contributed by atoms with Crippen LogP contribution in [0.4, 0.5) is 5.69 Å². The predicted octanol–water partition coefficient (Wildman–Crippen LogP) is 1.92. The van der Waals surface area contributed by atoms with Gasteiger partial charge in [0, 0.05) is 24.2 Å². The van der Waals surface area contributed by atoms with E-state index in [0.29, 0.717) is 19.7 Å². The highest BCUT2D eigenvalue weighted by atomic mass is 16.6. The highest BCUT2D eigenvalue weighted by molar-refractivity contribution is 5.96. The van der Waals surface area contributed by atoms with Crippen molar-refractivity contribution in [2.75, 3.05) is 26.2 Å². The van der Waals surface area contributed by atoms with E-state index in [4.69, 9.17) is 4.74 Å². The molecule has 0 radical (unpaired) electrons. The van der Waals surface area contributed by atoms with Gasteiger partial charge in [0.2, 0.25) is 5.91 Å². The molecule has 3 rings (SSSR count). The number of ether oxygens (including phenoxy) is 1. The van der Waals surface area contributed by atoms with Gasteiger partial charge in [-0.25, -0.2) is 0 Å². The van der Waals surface area contributed by atoms with Gasteiger partial charge in [-0.2, -0.15) is 0 Å². The van der Waals surface area contributed by atoms with Gasteiger partial charge in [0.1, 0.15) is 6.10 Å². The first-order valence-corrected chi connectivity index (χ1v) is 8.51. The molecule has 0 saturated carbocycles. The number of non-ortho nitro benzene ring substituents is 1. The smallest absolute Gasteiger partial charge is 0.270 e. The van der Waals surface area contributed by atoms with Crippen LogP contribution >= 0.6 is 0 Å². The Kier molecular flexibility index (Phi) is 5.77. The van der Waals surface area contributed by atoms with Crippen LogP contribution in [-0.2, 0) is 9.53 Å². The van der Waals surface area contributed by atoms with E-state index in [1.54, 1.807) is 4.90 Å². The summed E-state index contributed by atoms with van der Waals surface area (Å²) in [6.45, 7) is 1.11. The summed E-state index contributed by atoms with van der Waals surface area (Å²) in [4.78, 5) is 36.5. The fourth-order valence-corrected chi connectivity index (χ4v) is 2.88. The molecular weight excluding hydrogens is 350 g/mol. The van der Waals surface area contributed by atoms with Crippen molar-refractivity contribution in [2.45, 2.75) is 6.10 Å². The van der Waals surface area contributed by atoms with E-state index >= 15 is 0 Å². The molecule has 27 heavy (non-hydrogen) atoms. The van der Waals surface area contributed by atoms with E-state index in [-0.39, 0.29) is 29.8 Å². The van der Waals surface area contributed by atoms with Crippen molar-refractivity contribution in [1.82, 2.24) is 10.2 Å². The van der Waals surface area contributed by atoms with Crippen LogP contribution in [-0.4, -0.2) is 47.9 Å². The summed E-state index contributed by atoms with van der Waals surface area (Å²) in [6, 6.07) is 15.0. The molecule has 1 saturated heterocycles. The van der Waals surface area contributed by atoms with Gasteiger partial charge in [0.25, 0.3) is 11.6 Å². The molecule has 140 valence electrons. The molecule has 8 heteroatoms. The standard InChI is InChI=1S/C19H19N3O5/c23-18(12-20-19(24)15-7-4-8-16(11-15)22(25)26)21-9-10-27-17(13-21)14-5-2-1-3-6-14/h1-8,11,17H,9-10,12-13H2,(H,20,24). The average molecular weight is 369 g/mol. The van der Waals surface area contributed by atoms with Gasteiger partial charge in [-0.15, -0.1) is 0 Å². The van der Waals surface area contributed by atoms with Gasteiger partial charge in [0.05, 0.1) is 24.6 Å². The van der Waals surface area contributed by atoms with Gasteiger partial charge in [0.15, 0.2) is 0 Å². The van der Waals surface area contributed by atoms with Crippen molar-refractivity contribution in [3.05, 3.63) is 75.8 Å². The average Bonchev–Trinajstić information content (AvgIpc) is 2.72. The van der Waals surface area contributed by atoms with E-state index in [1.807, 2.05) is 30.3 Å². The number of benzene rings is 2. The molecule has 1 heterocycles. The Balaban J connectivity index is 1.56. The van der Waals surface area contributed by atoms with Gasteiger partial charge in [-0.1, -0.05) is 36.4 Å². The third-order valence-corrected chi connectivity index (χ3v) is 4.31. The number of nitro groups is 1. The zero-order valence-electron chi connectivity index (χ0n) is 14.5. The molecule has 2 amide bonds. The van der Waals surface area contributed by atoms with Crippen molar-refractivity contribution < 1.29 is 19.2 Å². The zero-order valence-corrected chi connectivity index (χ0v) is 14.5. The van der Waals surface area contributed by atoms with Gasteiger partial charge in [-0.3, -0.25) is 19.7 Å². The Morgan fingerprint density at radius 2 is 1.96 bits per heavy atom. The maximum absolute atomic E-state index is 12.4. The Bertz CT molecular complexity index is 840. The summed E-state index contributed by atoms with van der Waals surface area (Å²) in [5, 5.41) is 13.3. The van der Waals surface area contributed by atoms with Crippen LogP contribution in [0.1, 0.15) is 22.0 Å². The Morgan fingerprint density at radius 1 is 1.19 bits per heavy atom. The molecule has 1 aliphatic heterocycles. The molecule has 1 atom stereocenters. The lowest BCUT2D eigenvalue weighted by molar-refractivity contribution is -0.384. The molecule has 2 aromatic carbocycles. The Labute approximate surface area is 155 Å². The largest absolute Gasteiger partial charge is 0.370 e. The van der Waals surface area contributed by atoms with E-state index in [9.17, 15) is 19.7 Å². The minimum atomic E-state index is -0.570. The molecule has 1 unspecified atom stereocenters. The molecule has 0 aromatic heterocycles. The highest BCUT2D eigenvalue weighted by Crippen LogP contribution is 2.21. The van der Waals surface area contributed by atoms with Crippen molar-refractivity contribution >= 4 is 17.5 Å². The van der Waals surface area contributed by atoms with Gasteiger partial charge in [-0.05, 0) is 11.6 Å². The molecule has 0 aliphatic carbocycles. The summed E-state index contributed by atoms with van der Waals surface area (Å²) in [5.41, 5.74) is 0.963. The van der Waals surface area contributed by atoms with Crippen molar-refractivity contribution in [1.29, 1.82) is 0 Å². The fraction of sp³-hybridized carbons (Fsp3) is 0.263. The lowest BCUT2D eigenvalue weighted by atomic mass is 10.1. The number of carbonyl (C=O) groups is 2. The van der Waals surface area contributed by atoms with Crippen molar-refractivity contribution in [3.63, 3.8) is 0 Å². The Hall–Kier alpha value is -3.26. The number of hydrogen-bond donors (Lipinski definition) is 1. The minimum Gasteiger partial charge on any atom is -0.370 e. The van der Waals surface area contributed by atoms with E-state index in [0.717, 1.165) is 5.56 Å². The number of nitrogens with zero attached hydrogens (tertiary/aromatic N) is 2. The molecule has 2 aromatic rings. The zero-order chi connectivity index (χ0) is 19.2. The molecule has 8 nitrogen and oxygen atoms in total. The van der Waals surface area contributed by atoms with Gasteiger partial charge < -0.3 is 15.0 Å². The number of nitrogens with one attached hydrogen (secondary N) is 1. The first kappa shape index (κ1) is 18.5. The van der Waals surface area contributed by atoms with Crippen LogP contribution in [0.2, 0.25) is 0 Å². The second kappa shape index (κ2) is 8.41. The first-order chi connectivity index (χ1) is 13.0. The number of rotatable bonds is 5. The highest BCUT2D eigenvalue weighted by Gasteiger charge is 2.25. The molecule has 0 bridgehead atoms. The van der Waals surface area contributed by atoms with Crippen LogP contribution in [0.3, 0.4) is 0 Å². The summed E-state index contributed by atoms with van der Waals surface area (Å²) in [6.07, 6.45) is -0.198. The van der Waals surface area contributed by atoms with Crippen LogP contribution in [0.25, 0.3) is 0 Å². The van der Waals surface area contributed by atoms with E-state index < -0.39 is 10.8 Å². The monoisotopic (exact) mass is 369 g/mol. The maximum atomic E-state index is 12.4. The fourth-order valence-electron chi connectivity index (χ4n) is 2.88. The molecular formula is C19H19N3O5. The topological polar surface area (TPSA) is 102 Å². The lowest BCUT2D eigenvalue weighted by Gasteiger charge is -2.33. The third kappa shape index (κ3) is 4.68. The van der Waals surface area contributed by atoms with Crippen molar-refractivity contribution in [3.8, 4) is 0 Å². The number of amides is 2. The molecule has 0 spiro atoms. The second-order valence-electron chi connectivity index (χ2n) is 6.10. The van der Waals surface area contributed by atoms with Crippen LogP contribution in [0, 0.1) is 10.1 Å². The first-order valence-electron chi connectivity index (χ1n) is 8.51. The quantitative estimate of drug-likeness (QED) is 0.641. The number of hydrogen-bond acceptors (Lipinski definition) is 5. The van der Waals surface area contributed by atoms with Crippen LogP contribution in [0.15, 0.2) is 54.6 Å². The summed E-state index contributed by atoms with van der Waals surface area (Å²) in [5.74, 6) is -0.752. The summed E-state index contributed by atoms with van der Waals surface area (Å²) >= 11 is 0. The minimum absolute atomic E-state index is 0.140. The van der Waals surface area contributed by atoms with Crippen molar-refractivity contribution in [2.24, 2.45) is 0 Å². The maximum Gasteiger partial charge on any atom is 0.270 e. The van der Waals surface area contributed by atoms with Crippen LogP contribution < -0.4 is 5.32 Å².